The highest BCUT2D eigenvalue weighted by Crippen LogP contribution is 2.43. The standard InChI is InChI=1S/C18H29N5O.ClH/c1-2-18(7-3-4-8-18)17(24)22-10-5-14(6-11-22)16-21-20-15-13-19-9-12-23(15)16;/h14,19H,2-13H2,1H3;1H. The van der Waals surface area contributed by atoms with Crippen molar-refractivity contribution in [2.24, 2.45) is 5.41 Å². The van der Waals surface area contributed by atoms with Crippen LogP contribution in [0, 0.1) is 5.41 Å². The number of amides is 1. The number of likely N-dealkylation sites (tertiary alicyclic amines) is 1. The summed E-state index contributed by atoms with van der Waals surface area (Å²) in [6.07, 6.45) is 7.66. The normalized spacial score (nSPS) is 23.2. The summed E-state index contributed by atoms with van der Waals surface area (Å²) in [4.78, 5) is 15.2. The molecule has 1 aliphatic carbocycles. The Kier molecular flexibility index (Phi) is 5.68. The second kappa shape index (κ2) is 7.62. The predicted molar refractivity (Wildman–Crippen MR) is 98.7 cm³/mol. The molecule has 25 heavy (non-hydrogen) atoms. The summed E-state index contributed by atoms with van der Waals surface area (Å²) < 4.78 is 2.29. The van der Waals surface area contributed by atoms with Crippen molar-refractivity contribution in [2.45, 2.75) is 70.9 Å². The first-order valence-electron chi connectivity index (χ1n) is 9.65. The van der Waals surface area contributed by atoms with Gasteiger partial charge in [-0.1, -0.05) is 19.8 Å². The summed E-state index contributed by atoms with van der Waals surface area (Å²) in [6.45, 7) is 6.73. The van der Waals surface area contributed by atoms with E-state index in [1.807, 2.05) is 0 Å². The van der Waals surface area contributed by atoms with Gasteiger partial charge in [-0.2, -0.15) is 0 Å². The van der Waals surface area contributed by atoms with E-state index in [2.05, 4.69) is 31.9 Å². The number of rotatable bonds is 3. The Morgan fingerprint density at radius 3 is 2.60 bits per heavy atom. The summed E-state index contributed by atoms with van der Waals surface area (Å²) >= 11 is 0. The molecule has 0 unspecified atom stereocenters. The lowest BCUT2D eigenvalue weighted by molar-refractivity contribution is -0.143. The van der Waals surface area contributed by atoms with E-state index in [1.165, 1.54) is 12.8 Å². The van der Waals surface area contributed by atoms with Crippen LogP contribution in [-0.2, 0) is 17.9 Å². The molecule has 0 atom stereocenters. The van der Waals surface area contributed by atoms with Gasteiger partial charge in [0, 0.05) is 37.5 Å². The van der Waals surface area contributed by atoms with Crippen molar-refractivity contribution < 1.29 is 4.79 Å². The van der Waals surface area contributed by atoms with Crippen molar-refractivity contribution >= 4 is 18.3 Å². The van der Waals surface area contributed by atoms with Gasteiger partial charge in [-0.05, 0) is 32.1 Å². The summed E-state index contributed by atoms with van der Waals surface area (Å²) in [5.74, 6) is 3.08. The minimum Gasteiger partial charge on any atom is -0.342 e. The first-order chi connectivity index (χ1) is 11.7. The van der Waals surface area contributed by atoms with Gasteiger partial charge in [-0.15, -0.1) is 22.6 Å². The van der Waals surface area contributed by atoms with Crippen LogP contribution < -0.4 is 5.32 Å². The van der Waals surface area contributed by atoms with E-state index in [0.29, 0.717) is 11.8 Å². The minimum atomic E-state index is -0.0491. The third kappa shape index (κ3) is 3.31. The number of carbonyl (C=O) groups excluding carboxylic acids is 1. The summed E-state index contributed by atoms with van der Waals surface area (Å²) in [5.41, 5.74) is -0.0491. The van der Waals surface area contributed by atoms with Crippen LogP contribution in [0.4, 0.5) is 0 Å². The summed E-state index contributed by atoms with van der Waals surface area (Å²) in [6, 6.07) is 0. The number of piperidine rings is 1. The zero-order chi connectivity index (χ0) is 16.6. The van der Waals surface area contributed by atoms with E-state index < -0.39 is 0 Å². The number of halogens is 1. The van der Waals surface area contributed by atoms with Crippen LogP contribution in [0.3, 0.4) is 0 Å². The fraction of sp³-hybridized carbons (Fsp3) is 0.833. The number of hydrogen-bond donors (Lipinski definition) is 1. The third-order valence-electron chi connectivity index (χ3n) is 6.49. The molecule has 0 bridgehead atoms. The van der Waals surface area contributed by atoms with Crippen molar-refractivity contribution in [3.8, 4) is 0 Å². The molecule has 3 heterocycles. The molecular formula is C18H30ClN5O. The van der Waals surface area contributed by atoms with Gasteiger partial charge in [-0.25, -0.2) is 0 Å². The quantitative estimate of drug-likeness (QED) is 0.891. The fourth-order valence-electron chi connectivity index (χ4n) is 4.86. The lowest BCUT2D eigenvalue weighted by Crippen LogP contribution is -2.46. The van der Waals surface area contributed by atoms with Gasteiger partial charge >= 0.3 is 0 Å². The van der Waals surface area contributed by atoms with Crippen LogP contribution in [0.25, 0.3) is 0 Å². The zero-order valence-corrected chi connectivity index (χ0v) is 16.0. The molecule has 1 aromatic rings. The Morgan fingerprint density at radius 1 is 1.20 bits per heavy atom. The van der Waals surface area contributed by atoms with Crippen LogP contribution in [-0.4, -0.2) is 45.2 Å². The Labute approximate surface area is 156 Å². The topological polar surface area (TPSA) is 63.1 Å². The molecule has 3 aliphatic rings. The number of nitrogens with zero attached hydrogens (tertiary/aromatic N) is 4. The van der Waals surface area contributed by atoms with Crippen molar-refractivity contribution in [1.82, 2.24) is 25.0 Å². The monoisotopic (exact) mass is 367 g/mol. The lowest BCUT2D eigenvalue weighted by Gasteiger charge is -2.38. The molecule has 0 spiro atoms. The van der Waals surface area contributed by atoms with Crippen LogP contribution in [0.15, 0.2) is 0 Å². The zero-order valence-electron chi connectivity index (χ0n) is 15.2. The maximum Gasteiger partial charge on any atom is 0.228 e. The van der Waals surface area contributed by atoms with Crippen molar-refractivity contribution in [1.29, 1.82) is 0 Å². The van der Waals surface area contributed by atoms with Crippen molar-refractivity contribution in [2.75, 3.05) is 19.6 Å². The van der Waals surface area contributed by atoms with E-state index in [0.717, 1.165) is 76.5 Å². The van der Waals surface area contributed by atoms with E-state index in [9.17, 15) is 4.79 Å². The number of aromatic nitrogens is 3. The average Bonchev–Trinajstić information content (AvgIpc) is 3.29. The molecule has 1 saturated carbocycles. The van der Waals surface area contributed by atoms with E-state index in [4.69, 9.17) is 0 Å². The molecule has 140 valence electrons. The van der Waals surface area contributed by atoms with E-state index in [1.54, 1.807) is 0 Å². The van der Waals surface area contributed by atoms with E-state index in [-0.39, 0.29) is 17.8 Å². The number of carbonyl (C=O) groups is 1. The van der Waals surface area contributed by atoms with Crippen LogP contribution in [0.1, 0.15) is 69.4 Å². The Bertz CT molecular complexity index is 603. The molecule has 6 nitrogen and oxygen atoms in total. The molecule has 2 aliphatic heterocycles. The van der Waals surface area contributed by atoms with E-state index >= 15 is 0 Å². The molecular weight excluding hydrogens is 338 g/mol. The fourth-order valence-corrected chi connectivity index (χ4v) is 4.86. The highest BCUT2D eigenvalue weighted by molar-refractivity contribution is 5.85. The van der Waals surface area contributed by atoms with Gasteiger partial charge in [0.25, 0.3) is 0 Å². The Balaban J connectivity index is 0.00000182. The SMILES string of the molecule is CCC1(C(=O)N2CCC(c3nnc4n3CCNC4)CC2)CCCC1.Cl. The maximum atomic E-state index is 13.1. The highest BCUT2D eigenvalue weighted by Gasteiger charge is 2.42. The average molecular weight is 368 g/mol. The maximum absolute atomic E-state index is 13.1. The summed E-state index contributed by atoms with van der Waals surface area (Å²) in [5, 5.41) is 12.2. The lowest BCUT2D eigenvalue weighted by atomic mass is 9.81. The van der Waals surface area contributed by atoms with Crippen LogP contribution >= 0.6 is 12.4 Å². The Hall–Kier alpha value is -1.14. The molecule has 4 rings (SSSR count). The predicted octanol–water partition coefficient (Wildman–Crippen LogP) is 2.48. The molecule has 7 heteroatoms. The highest BCUT2D eigenvalue weighted by atomic mass is 35.5. The first kappa shape index (κ1) is 18.6. The number of nitrogens with one attached hydrogen (secondary N) is 1. The molecule has 0 aromatic carbocycles. The van der Waals surface area contributed by atoms with Crippen LogP contribution in [0.5, 0.6) is 0 Å². The van der Waals surface area contributed by atoms with Gasteiger partial charge in [0.05, 0.1) is 6.54 Å². The molecule has 1 amide bonds. The van der Waals surface area contributed by atoms with Crippen LogP contribution in [0.2, 0.25) is 0 Å². The number of fused-ring (bicyclic) bond motifs is 1. The Morgan fingerprint density at radius 2 is 1.92 bits per heavy atom. The van der Waals surface area contributed by atoms with Crippen molar-refractivity contribution in [3.05, 3.63) is 11.6 Å². The molecule has 2 fully saturated rings. The minimum absolute atomic E-state index is 0. The van der Waals surface area contributed by atoms with Crippen molar-refractivity contribution in [3.63, 3.8) is 0 Å². The van der Waals surface area contributed by atoms with Gasteiger partial charge in [0.2, 0.25) is 5.91 Å². The molecule has 1 N–H and O–H groups in total. The van der Waals surface area contributed by atoms with Gasteiger partial charge < -0.3 is 14.8 Å². The molecule has 0 radical (unpaired) electrons. The summed E-state index contributed by atoms with van der Waals surface area (Å²) in [7, 11) is 0. The second-order valence-electron chi connectivity index (χ2n) is 7.71. The van der Waals surface area contributed by atoms with Gasteiger partial charge in [0.15, 0.2) is 0 Å². The smallest absolute Gasteiger partial charge is 0.228 e. The van der Waals surface area contributed by atoms with Gasteiger partial charge in [-0.3, -0.25) is 4.79 Å². The molecule has 1 aromatic heterocycles. The first-order valence-corrected chi connectivity index (χ1v) is 9.65. The second-order valence-corrected chi connectivity index (χ2v) is 7.71. The largest absolute Gasteiger partial charge is 0.342 e. The number of hydrogen-bond acceptors (Lipinski definition) is 4. The molecule has 1 saturated heterocycles. The third-order valence-corrected chi connectivity index (χ3v) is 6.49. The van der Waals surface area contributed by atoms with Gasteiger partial charge in [0.1, 0.15) is 11.6 Å².